The normalized spacial score (nSPS) is 13.7. The molecule has 1 aliphatic heterocycles. The number of amides is 4. The number of fused-ring (bicyclic) bond motifs is 5. The highest BCUT2D eigenvalue weighted by atomic mass is 33.1. The van der Waals surface area contributed by atoms with Gasteiger partial charge in [-0.15, -0.1) is 5.10 Å². The minimum Gasteiger partial charge on any atom is -0.375 e. The number of nitrogens with one attached hydrogen (secondary N) is 2. The second kappa shape index (κ2) is 22.8. The standard InChI is InChI=1S/C48H73N7O6S2/c1-33(2)50-44(59)45(4,5)25-29-60-47(8,9)24-28-55-43-36-17-13-12-16-35(36)32-54(38-19-15-14-18-37(38)42(43)52-53-55)41(58)23-22-40(57)51-46(6,7)26-30-61-48(10,11)27-31-62-63-34(3)20-21-39(49)56/h12-19,33-34H,20-32H2,1-11H3,(H2,49,56)(H,50,59)(H,51,57). The van der Waals surface area contributed by atoms with Crippen molar-refractivity contribution in [2.45, 2.75) is 169 Å². The molecule has 0 spiro atoms. The van der Waals surface area contributed by atoms with E-state index in [1.807, 2.05) is 94.8 Å². The average molecular weight is 908 g/mol. The number of ether oxygens (including phenoxy) is 2. The lowest BCUT2D eigenvalue weighted by atomic mass is 9.88. The van der Waals surface area contributed by atoms with Crippen LogP contribution in [0, 0.1) is 5.41 Å². The van der Waals surface area contributed by atoms with Gasteiger partial charge in [0.2, 0.25) is 23.6 Å². The zero-order chi connectivity index (χ0) is 46.6. The van der Waals surface area contributed by atoms with E-state index in [0.29, 0.717) is 68.6 Å². The number of primary amides is 1. The van der Waals surface area contributed by atoms with Crippen LogP contribution in [-0.4, -0.2) is 85.6 Å². The van der Waals surface area contributed by atoms with Gasteiger partial charge in [-0.2, -0.15) is 0 Å². The van der Waals surface area contributed by atoms with E-state index in [1.165, 1.54) is 0 Å². The Labute approximate surface area is 383 Å². The second-order valence-corrected chi connectivity index (χ2v) is 22.5. The predicted molar refractivity (Wildman–Crippen MR) is 257 cm³/mol. The fourth-order valence-corrected chi connectivity index (χ4v) is 9.79. The first-order valence-corrected chi connectivity index (χ1v) is 24.8. The van der Waals surface area contributed by atoms with Crippen molar-refractivity contribution in [3.05, 3.63) is 54.1 Å². The summed E-state index contributed by atoms with van der Waals surface area (Å²) in [6, 6.07) is 15.9. The number of nitrogens with two attached hydrogens (primary N) is 1. The molecule has 4 N–H and O–H groups in total. The van der Waals surface area contributed by atoms with Crippen LogP contribution in [0.2, 0.25) is 0 Å². The number of hydrogen-bond acceptors (Lipinski definition) is 10. The molecule has 0 radical (unpaired) electrons. The third-order valence-electron chi connectivity index (χ3n) is 11.3. The van der Waals surface area contributed by atoms with Gasteiger partial charge in [0.15, 0.2) is 0 Å². The number of para-hydroxylation sites is 1. The van der Waals surface area contributed by atoms with Crippen LogP contribution in [0.4, 0.5) is 5.69 Å². The van der Waals surface area contributed by atoms with Crippen molar-refractivity contribution in [3.63, 3.8) is 0 Å². The SMILES string of the molecule is CC(C)NC(=O)C(C)(C)CCOC(C)(C)CCn1nnc2c1-c1ccccc1CN(C(=O)CCC(=O)NC(C)(C)CCOC(C)(C)CCSSC(C)CCC(N)=O)c1ccccc1-2. The molecule has 1 unspecified atom stereocenters. The van der Waals surface area contributed by atoms with Crippen LogP contribution in [0.25, 0.3) is 22.5 Å². The minimum absolute atomic E-state index is 0.0192. The number of carbonyl (C=O) groups is 4. The molecule has 0 saturated heterocycles. The number of carbonyl (C=O) groups excluding carboxylic acids is 4. The van der Waals surface area contributed by atoms with Crippen molar-refractivity contribution in [1.82, 2.24) is 25.6 Å². The number of rotatable bonds is 25. The summed E-state index contributed by atoms with van der Waals surface area (Å²) >= 11 is 0. The fraction of sp³-hybridized carbons (Fsp3) is 0.625. The van der Waals surface area contributed by atoms with Crippen molar-refractivity contribution in [2.24, 2.45) is 11.1 Å². The monoisotopic (exact) mass is 908 g/mol. The molecule has 2 heterocycles. The number of aromatic nitrogens is 3. The molecule has 2 aromatic carbocycles. The molecule has 1 aromatic heterocycles. The Morgan fingerprint density at radius 2 is 1.44 bits per heavy atom. The summed E-state index contributed by atoms with van der Waals surface area (Å²) in [6.07, 6.45) is 3.98. The first kappa shape index (κ1) is 51.7. The van der Waals surface area contributed by atoms with Gasteiger partial charge in [-0.25, -0.2) is 4.68 Å². The van der Waals surface area contributed by atoms with Gasteiger partial charge in [0, 0.05) is 78.1 Å². The van der Waals surface area contributed by atoms with Gasteiger partial charge < -0.3 is 30.7 Å². The maximum absolute atomic E-state index is 14.2. The van der Waals surface area contributed by atoms with Gasteiger partial charge in [-0.3, -0.25) is 19.2 Å². The van der Waals surface area contributed by atoms with Crippen LogP contribution in [-0.2, 0) is 41.7 Å². The predicted octanol–water partition coefficient (Wildman–Crippen LogP) is 8.87. The van der Waals surface area contributed by atoms with Crippen LogP contribution in [0.3, 0.4) is 0 Å². The van der Waals surface area contributed by atoms with Crippen molar-refractivity contribution in [2.75, 3.05) is 23.9 Å². The minimum atomic E-state index is -0.554. The molecule has 13 nitrogen and oxygen atoms in total. The Morgan fingerprint density at radius 3 is 2.13 bits per heavy atom. The Bertz CT molecular complexity index is 2010. The molecule has 4 amide bonds. The molecule has 3 aromatic rings. The quantitative estimate of drug-likeness (QED) is 0.0551. The van der Waals surface area contributed by atoms with Gasteiger partial charge >= 0.3 is 0 Å². The first-order chi connectivity index (χ1) is 29.5. The molecule has 15 heteroatoms. The van der Waals surface area contributed by atoms with E-state index in [0.717, 1.165) is 41.0 Å². The summed E-state index contributed by atoms with van der Waals surface area (Å²) < 4.78 is 14.6. The molecule has 0 saturated carbocycles. The number of nitrogens with zero attached hydrogens (tertiary/aromatic N) is 4. The molecule has 0 fully saturated rings. The Morgan fingerprint density at radius 1 is 0.810 bits per heavy atom. The van der Waals surface area contributed by atoms with E-state index in [1.54, 1.807) is 26.5 Å². The maximum Gasteiger partial charge on any atom is 0.227 e. The van der Waals surface area contributed by atoms with Gasteiger partial charge in [0.25, 0.3) is 0 Å². The largest absolute Gasteiger partial charge is 0.375 e. The molecule has 63 heavy (non-hydrogen) atoms. The summed E-state index contributed by atoms with van der Waals surface area (Å²) in [5, 5.41) is 15.9. The maximum atomic E-state index is 14.2. The lowest BCUT2D eigenvalue weighted by Gasteiger charge is -2.31. The Balaban J connectivity index is 1.36. The lowest BCUT2D eigenvalue weighted by Crippen LogP contribution is -2.45. The second-order valence-electron chi connectivity index (χ2n) is 19.6. The highest BCUT2D eigenvalue weighted by Gasteiger charge is 2.32. The summed E-state index contributed by atoms with van der Waals surface area (Å²) in [7, 11) is 3.55. The number of aryl methyl sites for hydroxylation is 1. The zero-order valence-corrected chi connectivity index (χ0v) is 41.2. The van der Waals surface area contributed by atoms with E-state index in [-0.39, 0.29) is 48.1 Å². The molecular weight excluding hydrogens is 835 g/mol. The van der Waals surface area contributed by atoms with Gasteiger partial charge in [0.1, 0.15) is 5.69 Å². The fourth-order valence-electron chi connectivity index (χ4n) is 7.15. The third-order valence-corrected chi connectivity index (χ3v) is 14.3. The summed E-state index contributed by atoms with van der Waals surface area (Å²) in [5.74, 6) is 0.321. The summed E-state index contributed by atoms with van der Waals surface area (Å²) in [6.45, 7) is 23.9. The first-order valence-electron chi connectivity index (χ1n) is 22.4. The molecule has 0 aliphatic carbocycles. The summed E-state index contributed by atoms with van der Waals surface area (Å²) in [5.41, 5.74) is 8.32. The molecule has 348 valence electrons. The smallest absolute Gasteiger partial charge is 0.227 e. The van der Waals surface area contributed by atoms with Crippen molar-refractivity contribution < 1.29 is 28.7 Å². The highest BCUT2D eigenvalue weighted by Crippen LogP contribution is 2.41. The van der Waals surface area contributed by atoms with Crippen LogP contribution in [0.15, 0.2) is 48.5 Å². The highest BCUT2D eigenvalue weighted by molar-refractivity contribution is 8.76. The summed E-state index contributed by atoms with van der Waals surface area (Å²) in [4.78, 5) is 53.1. The number of hydrogen-bond donors (Lipinski definition) is 3. The average Bonchev–Trinajstić information content (AvgIpc) is 3.61. The van der Waals surface area contributed by atoms with Crippen LogP contribution < -0.4 is 21.3 Å². The van der Waals surface area contributed by atoms with E-state index >= 15 is 0 Å². The number of benzene rings is 2. The van der Waals surface area contributed by atoms with Crippen LogP contribution in [0.5, 0.6) is 0 Å². The zero-order valence-electron chi connectivity index (χ0n) is 39.6. The molecule has 4 rings (SSSR count). The molecule has 1 aliphatic rings. The lowest BCUT2D eigenvalue weighted by molar-refractivity contribution is -0.132. The van der Waals surface area contributed by atoms with Crippen LogP contribution in [0.1, 0.15) is 133 Å². The van der Waals surface area contributed by atoms with E-state index < -0.39 is 16.6 Å². The Hall–Kier alpha value is -3.92. The van der Waals surface area contributed by atoms with E-state index in [9.17, 15) is 19.2 Å². The topological polar surface area (TPSA) is 171 Å². The van der Waals surface area contributed by atoms with Crippen molar-refractivity contribution >= 4 is 50.9 Å². The Kier molecular flexibility index (Phi) is 18.7. The molecule has 1 atom stereocenters. The van der Waals surface area contributed by atoms with Crippen molar-refractivity contribution in [3.8, 4) is 22.5 Å². The van der Waals surface area contributed by atoms with Gasteiger partial charge in [-0.1, -0.05) is 90.0 Å². The molecule has 0 bridgehead atoms. The van der Waals surface area contributed by atoms with Gasteiger partial charge in [-0.05, 0) is 99.1 Å². The number of anilines is 1. The van der Waals surface area contributed by atoms with Crippen molar-refractivity contribution in [1.29, 1.82) is 0 Å². The molecular formula is C48H73N7O6S2. The van der Waals surface area contributed by atoms with E-state index in [2.05, 4.69) is 50.5 Å². The van der Waals surface area contributed by atoms with Crippen LogP contribution >= 0.6 is 21.6 Å². The van der Waals surface area contributed by atoms with E-state index in [4.69, 9.17) is 20.3 Å². The third kappa shape index (κ3) is 16.2. The van der Waals surface area contributed by atoms with Gasteiger partial charge in [0.05, 0.1) is 29.1 Å².